The average molecular weight is 253 g/mol. The molecule has 1 heterocycles. The van der Waals surface area contributed by atoms with Crippen LogP contribution in [-0.4, -0.2) is 34.9 Å². The molecule has 1 N–H and O–H groups in total. The highest BCUT2D eigenvalue weighted by Crippen LogP contribution is 2.11. The molecule has 18 heavy (non-hydrogen) atoms. The first-order valence-electron chi connectivity index (χ1n) is 5.81. The number of aliphatic hydroxyl groups is 1. The molecule has 100 valence electrons. The van der Waals surface area contributed by atoms with E-state index < -0.39 is 11.6 Å². The van der Waals surface area contributed by atoms with E-state index >= 15 is 0 Å². The summed E-state index contributed by atoms with van der Waals surface area (Å²) in [5.74, 6) is 0.0875. The fourth-order valence-electron chi connectivity index (χ4n) is 1.27. The molecule has 0 aliphatic rings. The summed E-state index contributed by atoms with van der Waals surface area (Å²) in [4.78, 5) is 15.5. The van der Waals surface area contributed by atoms with Gasteiger partial charge in [-0.2, -0.15) is 0 Å². The highest BCUT2D eigenvalue weighted by molar-refractivity contribution is 5.71. The number of hydrogen-bond donors (Lipinski definition) is 1. The Morgan fingerprint density at radius 1 is 1.39 bits per heavy atom. The van der Waals surface area contributed by atoms with Crippen LogP contribution in [0.3, 0.4) is 0 Å². The maximum Gasteiger partial charge on any atom is 0.344 e. The summed E-state index contributed by atoms with van der Waals surface area (Å²) in [5, 5.41) is 8.74. The SMILES string of the molecule is CC(C)(C)OC(=O)COc1ccc(CCO)nc1. The molecular formula is C13H19NO4. The molecule has 0 saturated heterocycles. The lowest BCUT2D eigenvalue weighted by Crippen LogP contribution is -2.27. The Bertz CT molecular complexity index is 381. The van der Waals surface area contributed by atoms with Gasteiger partial charge in [-0.3, -0.25) is 4.98 Å². The summed E-state index contributed by atoms with van der Waals surface area (Å²) in [6.07, 6.45) is 2.03. The Balaban J connectivity index is 2.41. The van der Waals surface area contributed by atoms with Crippen molar-refractivity contribution in [2.45, 2.75) is 32.8 Å². The van der Waals surface area contributed by atoms with Crippen LogP contribution in [0, 0.1) is 0 Å². The molecular weight excluding hydrogens is 234 g/mol. The van der Waals surface area contributed by atoms with E-state index in [1.54, 1.807) is 32.9 Å². The first-order chi connectivity index (χ1) is 8.40. The van der Waals surface area contributed by atoms with Gasteiger partial charge in [-0.05, 0) is 32.9 Å². The summed E-state index contributed by atoms with van der Waals surface area (Å²) in [5.41, 5.74) is 0.269. The van der Waals surface area contributed by atoms with Crippen molar-refractivity contribution < 1.29 is 19.4 Å². The quantitative estimate of drug-likeness (QED) is 0.802. The highest BCUT2D eigenvalue weighted by atomic mass is 16.6. The van der Waals surface area contributed by atoms with Crippen LogP contribution >= 0.6 is 0 Å². The van der Waals surface area contributed by atoms with Gasteiger partial charge >= 0.3 is 5.97 Å². The van der Waals surface area contributed by atoms with E-state index in [1.165, 1.54) is 6.20 Å². The normalized spacial score (nSPS) is 11.1. The van der Waals surface area contributed by atoms with Crippen molar-refractivity contribution in [3.63, 3.8) is 0 Å². The zero-order valence-electron chi connectivity index (χ0n) is 11.0. The van der Waals surface area contributed by atoms with Crippen molar-refractivity contribution in [2.75, 3.05) is 13.2 Å². The van der Waals surface area contributed by atoms with Crippen molar-refractivity contribution in [3.05, 3.63) is 24.0 Å². The minimum absolute atomic E-state index is 0.0606. The van der Waals surface area contributed by atoms with Crippen LogP contribution in [0.5, 0.6) is 5.75 Å². The number of ether oxygens (including phenoxy) is 2. The van der Waals surface area contributed by atoms with Crippen LogP contribution < -0.4 is 4.74 Å². The molecule has 0 fully saturated rings. The van der Waals surface area contributed by atoms with E-state index in [4.69, 9.17) is 14.6 Å². The van der Waals surface area contributed by atoms with Gasteiger partial charge in [0, 0.05) is 18.7 Å². The lowest BCUT2D eigenvalue weighted by Gasteiger charge is -2.19. The summed E-state index contributed by atoms with van der Waals surface area (Å²) in [7, 11) is 0. The van der Waals surface area contributed by atoms with Crippen LogP contribution in [0.25, 0.3) is 0 Å². The van der Waals surface area contributed by atoms with Crippen LogP contribution in [0.4, 0.5) is 0 Å². The molecule has 0 aromatic carbocycles. The molecule has 0 aliphatic carbocycles. The van der Waals surface area contributed by atoms with Crippen molar-refractivity contribution in [2.24, 2.45) is 0 Å². The summed E-state index contributed by atoms with van der Waals surface area (Å²) in [6.45, 7) is 5.33. The second-order valence-corrected chi connectivity index (χ2v) is 4.83. The standard InChI is InChI=1S/C13H19NO4/c1-13(2,3)18-12(16)9-17-11-5-4-10(6-7-15)14-8-11/h4-5,8,15H,6-7,9H2,1-3H3. The minimum atomic E-state index is -0.510. The zero-order valence-corrected chi connectivity index (χ0v) is 11.0. The zero-order chi connectivity index (χ0) is 13.6. The van der Waals surface area contributed by atoms with Crippen LogP contribution in [0.1, 0.15) is 26.5 Å². The number of hydrogen-bond acceptors (Lipinski definition) is 5. The van der Waals surface area contributed by atoms with Crippen LogP contribution in [-0.2, 0) is 16.0 Å². The Kier molecular flexibility index (Phi) is 5.09. The van der Waals surface area contributed by atoms with E-state index in [2.05, 4.69) is 4.98 Å². The van der Waals surface area contributed by atoms with Gasteiger partial charge in [-0.25, -0.2) is 4.79 Å². The van der Waals surface area contributed by atoms with Crippen molar-refractivity contribution in [1.82, 2.24) is 4.98 Å². The second kappa shape index (κ2) is 6.35. The molecule has 5 nitrogen and oxygen atoms in total. The smallest absolute Gasteiger partial charge is 0.344 e. The Morgan fingerprint density at radius 2 is 2.11 bits per heavy atom. The van der Waals surface area contributed by atoms with Crippen LogP contribution in [0.15, 0.2) is 18.3 Å². The Hall–Kier alpha value is -1.62. The van der Waals surface area contributed by atoms with Gasteiger partial charge in [0.15, 0.2) is 6.61 Å². The van der Waals surface area contributed by atoms with Crippen LogP contribution in [0.2, 0.25) is 0 Å². The molecule has 0 radical (unpaired) electrons. The van der Waals surface area contributed by atoms with E-state index in [1.807, 2.05) is 0 Å². The number of carbonyl (C=O) groups excluding carboxylic acids is 1. The molecule has 0 spiro atoms. The largest absolute Gasteiger partial charge is 0.480 e. The average Bonchev–Trinajstić information content (AvgIpc) is 2.26. The maximum absolute atomic E-state index is 11.4. The molecule has 0 atom stereocenters. The van der Waals surface area contributed by atoms with Crippen molar-refractivity contribution in [1.29, 1.82) is 0 Å². The third-order valence-corrected chi connectivity index (χ3v) is 1.94. The lowest BCUT2D eigenvalue weighted by atomic mass is 10.2. The molecule has 1 aromatic heterocycles. The number of aromatic nitrogens is 1. The summed E-state index contributed by atoms with van der Waals surface area (Å²) >= 11 is 0. The van der Waals surface area contributed by atoms with Gasteiger partial charge in [-0.1, -0.05) is 0 Å². The summed E-state index contributed by atoms with van der Waals surface area (Å²) in [6, 6.07) is 3.46. The molecule has 1 rings (SSSR count). The van der Waals surface area contributed by atoms with Gasteiger partial charge < -0.3 is 14.6 Å². The van der Waals surface area contributed by atoms with E-state index in [0.29, 0.717) is 12.2 Å². The molecule has 0 unspecified atom stereocenters. The van der Waals surface area contributed by atoms with Crippen molar-refractivity contribution in [3.8, 4) is 5.75 Å². The fourth-order valence-corrected chi connectivity index (χ4v) is 1.27. The van der Waals surface area contributed by atoms with Gasteiger partial charge in [0.05, 0.1) is 6.20 Å². The van der Waals surface area contributed by atoms with Gasteiger partial charge in [-0.15, -0.1) is 0 Å². The van der Waals surface area contributed by atoms with E-state index in [9.17, 15) is 4.79 Å². The Morgan fingerprint density at radius 3 is 2.61 bits per heavy atom. The third-order valence-electron chi connectivity index (χ3n) is 1.94. The predicted molar refractivity (Wildman–Crippen MR) is 66.4 cm³/mol. The number of pyridine rings is 1. The van der Waals surface area contributed by atoms with E-state index in [0.717, 1.165) is 5.69 Å². The first-order valence-corrected chi connectivity index (χ1v) is 5.81. The summed E-state index contributed by atoms with van der Waals surface area (Å²) < 4.78 is 10.4. The van der Waals surface area contributed by atoms with Gasteiger partial charge in [0.2, 0.25) is 0 Å². The number of carbonyl (C=O) groups is 1. The second-order valence-electron chi connectivity index (χ2n) is 4.83. The highest BCUT2D eigenvalue weighted by Gasteiger charge is 2.16. The van der Waals surface area contributed by atoms with Gasteiger partial charge in [0.1, 0.15) is 11.4 Å². The third kappa shape index (κ3) is 5.63. The molecule has 5 heteroatoms. The monoisotopic (exact) mass is 253 g/mol. The maximum atomic E-state index is 11.4. The van der Waals surface area contributed by atoms with Gasteiger partial charge in [0.25, 0.3) is 0 Å². The molecule has 0 amide bonds. The Labute approximate surface area is 107 Å². The number of aliphatic hydroxyl groups excluding tert-OH is 1. The van der Waals surface area contributed by atoms with E-state index in [-0.39, 0.29) is 13.2 Å². The van der Waals surface area contributed by atoms with Crippen molar-refractivity contribution >= 4 is 5.97 Å². The predicted octanol–water partition coefficient (Wildman–Crippen LogP) is 1.34. The fraction of sp³-hybridized carbons (Fsp3) is 0.538. The molecule has 0 bridgehead atoms. The number of nitrogens with zero attached hydrogens (tertiary/aromatic N) is 1. The molecule has 0 aliphatic heterocycles. The number of rotatable bonds is 5. The number of esters is 1. The molecule has 0 saturated carbocycles. The topological polar surface area (TPSA) is 68.7 Å². The molecule has 1 aromatic rings. The first kappa shape index (κ1) is 14.4. The lowest BCUT2D eigenvalue weighted by molar-refractivity contribution is -0.157. The minimum Gasteiger partial charge on any atom is -0.480 e.